The van der Waals surface area contributed by atoms with Gasteiger partial charge in [0, 0.05) is 18.2 Å². The lowest BCUT2D eigenvalue weighted by molar-refractivity contribution is -0.384. The Labute approximate surface area is 189 Å². The molecule has 0 atom stereocenters. The molecule has 0 N–H and O–H groups in total. The number of aromatic nitrogens is 1. The monoisotopic (exact) mass is 462 g/mol. The zero-order valence-corrected chi connectivity index (χ0v) is 18.2. The van der Waals surface area contributed by atoms with Crippen LogP contribution >= 0.6 is 0 Å². The lowest BCUT2D eigenvalue weighted by Crippen LogP contribution is -2.32. The van der Waals surface area contributed by atoms with E-state index in [4.69, 9.17) is 4.28 Å². The van der Waals surface area contributed by atoms with Crippen molar-refractivity contribution in [3.63, 3.8) is 0 Å². The molecular weight excluding hydrogens is 444 g/mol. The Bertz CT molecular complexity index is 1550. The van der Waals surface area contributed by atoms with Crippen LogP contribution in [0.5, 0.6) is 0 Å². The van der Waals surface area contributed by atoms with E-state index >= 15 is 0 Å². The molecule has 4 aromatic rings. The molecule has 0 aliphatic rings. The summed E-state index contributed by atoms with van der Waals surface area (Å²) < 4.78 is 31.3. The van der Waals surface area contributed by atoms with Gasteiger partial charge in [0.1, 0.15) is 4.90 Å². The minimum absolute atomic E-state index is 0.221. The molecule has 0 saturated heterocycles. The summed E-state index contributed by atoms with van der Waals surface area (Å²) in [7, 11) is -4.42. The first kappa shape index (κ1) is 22.0. The van der Waals surface area contributed by atoms with Crippen LogP contribution in [0.3, 0.4) is 0 Å². The van der Waals surface area contributed by atoms with Crippen molar-refractivity contribution in [3.05, 3.63) is 116 Å². The number of nitro groups is 1. The lowest BCUT2D eigenvalue weighted by Gasteiger charge is -2.12. The third-order valence-electron chi connectivity index (χ3n) is 4.93. The van der Waals surface area contributed by atoms with E-state index in [-0.39, 0.29) is 16.3 Å². The fourth-order valence-corrected chi connectivity index (χ4v) is 4.27. The number of fused-ring (bicyclic) bond motifs is 1. The smallest absolute Gasteiger partial charge is 0.280 e. The Morgan fingerprint density at radius 1 is 0.939 bits per heavy atom. The minimum Gasteiger partial charge on any atom is -0.280 e. The molecule has 9 heteroatoms. The van der Waals surface area contributed by atoms with Gasteiger partial charge in [-0.1, -0.05) is 48.5 Å². The molecule has 0 radical (unpaired) electrons. The van der Waals surface area contributed by atoms with E-state index in [1.807, 2.05) is 42.5 Å². The van der Waals surface area contributed by atoms with Crippen molar-refractivity contribution < 1.29 is 17.6 Å². The first-order chi connectivity index (χ1) is 15.7. The Morgan fingerprint density at radius 3 is 2.36 bits per heavy atom. The van der Waals surface area contributed by atoms with E-state index in [0.29, 0.717) is 10.3 Å². The Kier molecular flexibility index (Phi) is 5.80. The lowest BCUT2D eigenvalue weighted by atomic mass is 10.0. The van der Waals surface area contributed by atoms with E-state index in [1.54, 1.807) is 25.1 Å². The molecule has 3 aromatic carbocycles. The number of non-ortho nitro benzene ring substituents is 1. The van der Waals surface area contributed by atoms with Crippen LogP contribution in [-0.4, -0.2) is 18.1 Å². The standard InChI is InChI=1S/C24H18N2O6S/c1-17-15-21(10-9-19-7-4-6-18-5-2-3-8-23(18)19)25(24(27)16-17)32-33(30,31)22-13-11-20(12-14-22)26(28)29/h2-16H,1H3. The summed E-state index contributed by atoms with van der Waals surface area (Å²) in [5.41, 5.74) is 0.800. The van der Waals surface area contributed by atoms with Crippen molar-refractivity contribution in [1.29, 1.82) is 0 Å². The third kappa shape index (κ3) is 4.68. The molecule has 33 heavy (non-hydrogen) atoms. The summed E-state index contributed by atoms with van der Waals surface area (Å²) >= 11 is 0. The van der Waals surface area contributed by atoms with Gasteiger partial charge in [-0.25, -0.2) is 0 Å². The number of hydrogen-bond acceptors (Lipinski definition) is 6. The van der Waals surface area contributed by atoms with Gasteiger partial charge in [0.25, 0.3) is 11.2 Å². The highest BCUT2D eigenvalue weighted by atomic mass is 32.2. The molecule has 0 amide bonds. The van der Waals surface area contributed by atoms with E-state index in [0.717, 1.165) is 40.6 Å². The number of nitro benzene ring substituents is 1. The summed E-state index contributed by atoms with van der Waals surface area (Å²) in [5.74, 6) is 0. The quantitative estimate of drug-likeness (QED) is 0.314. The van der Waals surface area contributed by atoms with Crippen LogP contribution in [0.15, 0.2) is 88.6 Å². The summed E-state index contributed by atoms with van der Waals surface area (Å²) in [5, 5.41) is 12.9. The number of hydrogen-bond donors (Lipinski definition) is 0. The molecule has 0 aliphatic heterocycles. The highest BCUT2D eigenvalue weighted by Crippen LogP contribution is 2.21. The van der Waals surface area contributed by atoms with E-state index < -0.39 is 20.6 Å². The Hall–Kier alpha value is -4.24. The van der Waals surface area contributed by atoms with Crippen LogP contribution in [0.2, 0.25) is 0 Å². The average Bonchev–Trinajstić information content (AvgIpc) is 2.79. The second-order valence-corrected chi connectivity index (χ2v) is 8.80. The molecule has 1 aromatic heterocycles. The molecular formula is C24H18N2O6S. The predicted octanol–water partition coefficient (Wildman–Crippen LogP) is 4.21. The van der Waals surface area contributed by atoms with Crippen molar-refractivity contribution in [2.24, 2.45) is 0 Å². The molecule has 1 heterocycles. The normalized spacial score (nSPS) is 11.7. The van der Waals surface area contributed by atoms with Crippen LogP contribution in [0.1, 0.15) is 16.8 Å². The van der Waals surface area contributed by atoms with Gasteiger partial charge in [0.05, 0.1) is 10.6 Å². The topological polar surface area (TPSA) is 109 Å². The molecule has 8 nitrogen and oxygen atoms in total. The Balaban J connectivity index is 1.73. The molecule has 0 unspecified atom stereocenters. The number of pyridine rings is 1. The van der Waals surface area contributed by atoms with Gasteiger partial charge in [0.15, 0.2) is 0 Å². The highest BCUT2D eigenvalue weighted by molar-refractivity contribution is 7.87. The average molecular weight is 462 g/mol. The van der Waals surface area contributed by atoms with Crippen molar-refractivity contribution in [3.8, 4) is 0 Å². The van der Waals surface area contributed by atoms with Crippen LogP contribution in [0, 0.1) is 17.0 Å². The summed E-state index contributed by atoms with van der Waals surface area (Å²) in [4.78, 5) is 22.4. The first-order valence-electron chi connectivity index (χ1n) is 9.83. The van der Waals surface area contributed by atoms with Crippen LogP contribution < -0.4 is 9.84 Å². The van der Waals surface area contributed by atoms with E-state index in [1.165, 1.54) is 6.07 Å². The molecule has 0 saturated carbocycles. The summed E-state index contributed by atoms with van der Waals surface area (Å²) in [6.45, 7) is 1.71. The maximum absolute atomic E-state index is 12.7. The minimum atomic E-state index is -4.42. The maximum Gasteiger partial charge on any atom is 0.357 e. The maximum atomic E-state index is 12.7. The van der Waals surface area contributed by atoms with Gasteiger partial charge < -0.3 is 0 Å². The molecule has 0 fully saturated rings. The van der Waals surface area contributed by atoms with Gasteiger partial charge in [-0.3, -0.25) is 19.2 Å². The zero-order valence-electron chi connectivity index (χ0n) is 17.4. The molecule has 0 spiro atoms. The SMILES string of the molecule is Cc1cc(C=Cc2cccc3ccccc23)n(OS(=O)(=O)c2ccc([N+](=O)[O-])cc2)c(=O)c1. The zero-order chi connectivity index (χ0) is 23.6. The van der Waals surface area contributed by atoms with Gasteiger partial charge in [0.2, 0.25) is 0 Å². The van der Waals surface area contributed by atoms with Gasteiger partial charge in [-0.15, -0.1) is 4.73 Å². The molecule has 0 aliphatic carbocycles. The fourth-order valence-electron chi connectivity index (χ4n) is 3.36. The van der Waals surface area contributed by atoms with Gasteiger partial charge in [-0.05, 0) is 53.1 Å². The Morgan fingerprint density at radius 2 is 1.64 bits per heavy atom. The van der Waals surface area contributed by atoms with Crippen molar-refractivity contribution in [1.82, 2.24) is 4.73 Å². The number of rotatable bonds is 6. The largest absolute Gasteiger partial charge is 0.357 e. The highest BCUT2D eigenvalue weighted by Gasteiger charge is 2.20. The van der Waals surface area contributed by atoms with Gasteiger partial charge in [-0.2, -0.15) is 8.42 Å². The number of nitrogens with zero attached hydrogens (tertiary/aromatic N) is 2. The molecule has 4 rings (SSSR count). The van der Waals surface area contributed by atoms with Crippen molar-refractivity contribution >= 4 is 38.7 Å². The van der Waals surface area contributed by atoms with E-state index in [2.05, 4.69) is 0 Å². The van der Waals surface area contributed by atoms with Crippen LogP contribution in [-0.2, 0) is 10.1 Å². The van der Waals surface area contributed by atoms with E-state index in [9.17, 15) is 23.3 Å². The predicted molar refractivity (Wildman–Crippen MR) is 125 cm³/mol. The second-order valence-electron chi connectivity index (χ2n) is 7.27. The molecule has 0 bridgehead atoms. The van der Waals surface area contributed by atoms with Crippen molar-refractivity contribution in [2.75, 3.05) is 0 Å². The molecule has 166 valence electrons. The van der Waals surface area contributed by atoms with Crippen LogP contribution in [0.4, 0.5) is 5.69 Å². The van der Waals surface area contributed by atoms with Crippen LogP contribution in [0.25, 0.3) is 22.9 Å². The second kappa shape index (κ2) is 8.71. The van der Waals surface area contributed by atoms with Crippen molar-refractivity contribution in [2.45, 2.75) is 11.8 Å². The summed E-state index contributed by atoms with van der Waals surface area (Å²) in [6.07, 6.45) is 3.37. The first-order valence-corrected chi connectivity index (χ1v) is 11.2. The third-order valence-corrected chi connectivity index (χ3v) is 6.12. The fraction of sp³-hybridized carbons (Fsp3) is 0.0417. The van der Waals surface area contributed by atoms with Gasteiger partial charge >= 0.3 is 10.1 Å². The summed E-state index contributed by atoms with van der Waals surface area (Å²) in [6, 6.07) is 20.7. The number of benzene rings is 3. The number of aryl methyl sites for hydroxylation is 1.